The van der Waals surface area contributed by atoms with Crippen LogP contribution in [-0.4, -0.2) is 56.3 Å². The fraction of sp³-hybridized carbons (Fsp3) is 0.429. The molecule has 154 valence electrons. The third-order valence-electron chi connectivity index (χ3n) is 4.32. The van der Waals surface area contributed by atoms with Crippen LogP contribution in [0.5, 0.6) is 0 Å². The molecule has 1 saturated heterocycles. The van der Waals surface area contributed by atoms with Gasteiger partial charge in [-0.1, -0.05) is 0 Å². The summed E-state index contributed by atoms with van der Waals surface area (Å²) in [6.07, 6.45) is -4.93. The molecule has 1 unspecified atom stereocenters. The molecular weight excluding hydrogens is 405 g/mol. The van der Waals surface area contributed by atoms with Gasteiger partial charge in [0.1, 0.15) is 0 Å². The van der Waals surface area contributed by atoms with Crippen molar-refractivity contribution < 1.29 is 30.9 Å². The number of halogens is 3. The Kier molecular flexibility index (Phi) is 5.61. The summed E-state index contributed by atoms with van der Waals surface area (Å²) in [5.41, 5.74) is -0.0910. The molecule has 0 radical (unpaired) electrons. The predicted octanol–water partition coefficient (Wildman–Crippen LogP) is 0.260. The first-order chi connectivity index (χ1) is 12.9. The van der Waals surface area contributed by atoms with Gasteiger partial charge in [-0.3, -0.25) is 20.1 Å². The fourth-order valence-corrected chi connectivity index (χ4v) is 4.38. The monoisotopic (exact) mass is 422 g/mol. The van der Waals surface area contributed by atoms with Crippen molar-refractivity contribution in [3.63, 3.8) is 0 Å². The molecule has 1 fully saturated rings. The normalized spacial score (nSPS) is 19.8. The maximum Gasteiger partial charge on any atom is 0.417 e. The second-order valence-corrected chi connectivity index (χ2v) is 7.16. The Morgan fingerprint density at radius 3 is 2.21 bits per heavy atom. The first-order valence-electron chi connectivity index (χ1n) is 7.65. The maximum absolute atomic E-state index is 13.3. The molecule has 1 heterocycles. The van der Waals surface area contributed by atoms with Gasteiger partial charge in [-0.05, 0) is 32.3 Å². The lowest BCUT2D eigenvalue weighted by Crippen LogP contribution is -2.72. The van der Waals surface area contributed by atoms with E-state index >= 15 is 0 Å². The average molecular weight is 422 g/mol. The molecule has 2 rings (SSSR count). The van der Waals surface area contributed by atoms with Crippen LogP contribution in [0.1, 0.15) is 11.1 Å². The molecule has 4 N–H and O–H groups in total. The number of benzene rings is 1. The van der Waals surface area contributed by atoms with Crippen LogP contribution in [0.15, 0.2) is 18.2 Å². The summed E-state index contributed by atoms with van der Waals surface area (Å²) >= 11 is 0. The van der Waals surface area contributed by atoms with Gasteiger partial charge >= 0.3 is 12.2 Å². The van der Waals surface area contributed by atoms with Crippen LogP contribution in [0.4, 0.5) is 23.7 Å². The van der Waals surface area contributed by atoms with Crippen molar-refractivity contribution in [2.45, 2.75) is 17.3 Å². The van der Waals surface area contributed by atoms with E-state index in [1.165, 1.54) is 27.2 Å². The minimum Gasteiger partial charge on any atom is -0.284 e. The Morgan fingerprint density at radius 2 is 1.82 bits per heavy atom. The topological polar surface area (TPSA) is 138 Å². The van der Waals surface area contributed by atoms with E-state index in [9.17, 15) is 30.9 Å². The lowest BCUT2D eigenvalue weighted by molar-refractivity contribution is -0.137. The van der Waals surface area contributed by atoms with Crippen LogP contribution in [0.3, 0.4) is 0 Å². The van der Waals surface area contributed by atoms with Crippen LogP contribution in [0, 0.1) is 11.3 Å². The summed E-state index contributed by atoms with van der Waals surface area (Å²) in [6.45, 7) is 0. The minimum atomic E-state index is -5.02. The Balaban J connectivity index is 2.80. The molecular formula is C14H17F3N6O4S. The zero-order chi connectivity index (χ0) is 21.5. The van der Waals surface area contributed by atoms with Crippen molar-refractivity contribution in [1.29, 1.82) is 5.26 Å². The third-order valence-corrected chi connectivity index (χ3v) is 5.43. The van der Waals surface area contributed by atoms with Gasteiger partial charge in [0.2, 0.25) is 11.2 Å². The zero-order valence-corrected chi connectivity index (χ0v) is 15.7. The second kappa shape index (κ2) is 7.18. The van der Waals surface area contributed by atoms with Crippen LogP contribution in [0.25, 0.3) is 0 Å². The summed E-state index contributed by atoms with van der Waals surface area (Å²) in [6, 6.07) is 2.61. The number of alkyl halides is 3. The number of hydrogen-bond acceptors (Lipinski definition) is 7. The van der Waals surface area contributed by atoms with Gasteiger partial charge in [0.05, 0.1) is 17.2 Å². The molecule has 14 heteroatoms. The molecule has 10 nitrogen and oxygen atoms in total. The standard InChI is InChI=1S/C14H17F3N6O4S/c1-19-14(20-2)11(28(25,26)27)22(12(24)23(14)21-3)9-5-4-8(7-18)10(6-9)13(15,16)17/h4-6,11,19-21H,1-3H3,(H,25,26,27). The summed E-state index contributed by atoms with van der Waals surface area (Å²) < 4.78 is 73.9. The highest BCUT2D eigenvalue weighted by Crippen LogP contribution is 2.39. The van der Waals surface area contributed by atoms with E-state index in [0.29, 0.717) is 11.0 Å². The molecule has 0 aromatic heterocycles. The molecule has 1 aromatic rings. The van der Waals surface area contributed by atoms with Gasteiger partial charge in [-0.2, -0.15) is 26.9 Å². The van der Waals surface area contributed by atoms with Gasteiger partial charge in [0.15, 0.2) is 0 Å². The lowest BCUT2D eigenvalue weighted by Gasteiger charge is -2.38. The highest BCUT2D eigenvalue weighted by Gasteiger charge is 2.62. The number of rotatable bonds is 5. The third kappa shape index (κ3) is 3.27. The van der Waals surface area contributed by atoms with E-state index in [0.717, 1.165) is 17.1 Å². The molecule has 2 amide bonds. The molecule has 1 aromatic carbocycles. The highest BCUT2D eigenvalue weighted by molar-refractivity contribution is 7.86. The molecule has 1 aliphatic heterocycles. The van der Waals surface area contributed by atoms with E-state index in [1.807, 2.05) is 0 Å². The maximum atomic E-state index is 13.3. The van der Waals surface area contributed by atoms with E-state index in [4.69, 9.17) is 5.26 Å². The number of nitrogens with one attached hydrogen (secondary N) is 3. The van der Waals surface area contributed by atoms with Crippen molar-refractivity contribution in [1.82, 2.24) is 21.1 Å². The van der Waals surface area contributed by atoms with Gasteiger partial charge in [-0.25, -0.2) is 15.2 Å². The predicted molar refractivity (Wildman–Crippen MR) is 91.1 cm³/mol. The molecule has 1 aliphatic rings. The molecule has 28 heavy (non-hydrogen) atoms. The van der Waals surface area contributed by atoms with E-state index in [2.05, 4.69) is 16.1 Å². The quantitative estimate of drug-likeness (QED) is 0.392. The summed E-state index contributed by atoms with van der Waals surface area (Å²) in [5.74, 6) is -1.92. The SMILES string of the molecule is CNN1C(=O)N(c2ccc(C#N)c(C(F)(F)F)c2)C(S(=O)(=O)O)C1(NC)NC. The number of hydrogen-bond donors (Lipinski definition) is 4. The zero-order valence-electron chi connectivity index (χ0n) is 14.9. The number of nitriles is 1. The average Bonchev–Trinajstić information content (AvgIpc) is 2.88. The van der Waals surface area contributed by atoms with Crippen LogP contribution in [0.2, 0.25) is 0 Å². The Hall–Kier alpha value is -2.44. The van der Waals surface area contributed by atoms with Gasteiger partial charge in [-0.15, -0.1) is 0 Å². The number of nitrogens with zero attached hydrogens (tertiary/aromatic N) is 3. The van der Waals surface area contributed by atoms with Crippen molar-refractivity contribution >= 4 is 21.8 Å². The Bertz CT molecular complexity index is 926. The van der Waals surface area contributed by atoms with E-state index in [-0.39, 0.29) is 0 Å². The lowest BCUT2D eigenvalue weighted by atomic mass is 10.1. The van der Waals surface area contributed by atoms with Gasteiger partial charge in [0, 0.05) is 12.7 Å². The molecule has 1 atom stereocenters. The van der Waals surface area contributed by atoms with Crippen LogP contribution < -0.4 is 21.0 Å². The van der Waals surface area contributed by atoms with E-state index in [1.54, 1.807) is 0 Å². The summed E-state index contributed by atoms with van der Waals surface area (Å²) in [5, 5.41) is 12.7. The number of carbonyl (C=O) groups is 1. The van der Waals surface area contributed by atoms with E-state index < -0.39 is 50.3 Å². The molecule has 0 bridgehead atoms. The minimum absolute atomic E-state index is 0.476. The first kappa shape index (κ1) is 21.9. The fourth-order valence-electron chi connectivity index (χ4n) is 3.13. The number of urea groups is 1. The first-order valence-corrected chi connectivity index (χ1v) is 9.15. The number of likely N-dealkylation sites (N-methyl/N-ethyl adjacent to an activating group) is 2. The number of amides is 2. The van der Waals surface area contributed by atoms with Crippen LogP contribution in [-0.2, 0) is 16.3 Å². The number of carbonyl (C=O) groups excluding carboxylic acids is 1. The molecule has 0 spiro atoms. The smallest absolute Gasteiger partial charge is 0.284 e. The number of hydrazine groups is 1. The van der Waals surface area contributed by atoms with Crippen LogP contribution >= 0.6 is 0 Å². The highest BCUT2D eigenvalue weighted by atomic mass is 32.2. The van der Waals surface area contributed by atoms with Gasteiger partial charge < -0.3 is 0 Å². The molecule has 0 saturated carbocycles. The number of anilines is 1. The van der Waals surface area contributed by atoms with Crippen molar-refractivity contribution in [3.05, 3.63) is 29.3 Å². The second-order valence-electron chi connectivity index (χ2n) is 5.68. The largest absolute Gasteiger partial charge is 0.417 e. The van der Waals surface area contributed by atoms with Crippen molar-refractivity contribution in [2.75, 3.05) is 26.0 Å². The Labute approximate surface area is 158 Å². The molecule has 0 aliphatic carbocycles. The summed E-state index contributed by atoms with van der Waals surface area (Å²) in [7, 11) is -1.16. The summed E-state index contributed by atoms with van der Waals surface area (Å²) in [4.78, 5) is 13.3. The van der Waals surface area contributed by atoms with Crippen molar-refractivity contribution in [2.24, 2.45) is 0 Å². The van der Waals surface area contributed by atoms with Gasteiger partial charge in [0.25, 0.3) is 10.1 Å². The Morgan fingerprint density at radius 1 is 1.25 bits per heavy atom. The van der Waals surface area contributed by atoms with Crippen molar-refractivity contribution in [3.8, 4) is 6.07 Å².